The van der Waals surface area contributed by atoms with Crippen LogP contribution in [0.2, 0.25) is 0 Å². The van der Waals surface area contributed by atoms with Gasteiger partial charge in [-0.2, -0.15) is 0 Å². The van der Waals surface area contributed by atoms with E-state index >= 15 is 0 Å². The lowest BCUT2D eigenvalue weighted by Crippen LogP contribution is -2.01. The maximum Gasteiger partial charge on any atom is 0.247 e. The SMILES string of the molecule is CC(C)Cc1ccc(-c2ccc(=O)[nH]c2)cc1. The third-order valence-corrected chi connectivity index (χ3v) is 2.72. The molecule has 2 aromatic rings. The fraction of sp³-hybridized carbons (Fsp3) is 0.267. The van der Waals surface area contributed by atoms with Gasteiger partial charge < -0.3 is 4.98 Å². The summed E-state index contributed by atoms with van der Waals surface area (Å²) in [5.74, 6) is 0.675. The molecular formula is C15H17NO. The first-order chi connectivity index (χ1) is 8.15. The first kappa shape index (κ1) is 11.6. The summed E-state index contributed by atoms with van der Waals surface area (Å²) in [6, 6.07) is 11.9. The highest BCUT2D eigenvalue weighted by molar-refractivity contribution is 5.62. The number of rotatable bonds is 3. The van der Waals surface area contributed by atoms with Gasteiger partial charge in [-0.3, -0.25) is 4.79 Å². The molecule has 0 spiro atoms. The van der Waals surface area contributed by atoms with Gasteiger partial charge in [0.1, 0.15) is 0 Å². The van der Waals surface area contributed by atoms with Crippen LogP contribution in [-0.4, -0.2) is 4.98 Å². The average molecular weight is 227 g/mol. The van der Waals surface area contributed by atoms with Crippen LogP contribution >= 0.6 is 0 Å². The van der Waals surface area contributed by atoms with Crippen LogP contribution in [0.4, 0.5) is 0 Å². The highest BCUT2D eigenvalue weighted by Gasteiger charge is 2.00. The molecule has 2 nitrogen and oxygen atoms in total. The van der Waals surface area contributed by atoms with Gasteiger partial charge in [-0.25, -0.2) is 0 Å². The molecule has 0 saturated carbocycles. The van der Waals surface area contributed by atoms with Gasteiger partial charge >= 0.3 is 0 Å². The van der Waals surface area contributed by atoms with Crippen molar-refractivity contribution in [3.05, 3.63) is 58.5 Å². The van der Waals surface area contributed by atoms with Crippen LogP contribution in [0.5, 0.6) is 0 Å². The molecule has 0 unspecified atom stereocenters. The number of hydrogen-bond acceptors (Lipinski definition) is 1. The molecular weight excluding hydrogens is 210 g/mol. The number of aromatic amines is 1. The molecule has 0 amide bonds. The van der Waals surface area contributed by atoms with E-state index in [1.165, 1.54) is 5.56 Å². The molecule has 1 aromatic carbocycles. The average Bonchev–Trinajstić information content (AvgIpc) is 2.30. The van der Waals surface area contributed by atoms with Crippen LogP contribution in [0.25, 0.3) is 11.1 Å². The summed E-state index contributed by atoms with van der Waals surface area (Å²) < 4.78 is 0. The minimum atomic E-state index is -0.0647. The summed E-state index contributed by atoms with van der Waals surface area (Å²) >= 11 is 0. The van der Waals surface area contributed by atoms with E-state index in [2.05, 4.69) is 43.1 Å². The van der Waals surface area contributed by atoms with Crippen molar-refractivity contribution in [2.24, 2.45) is 5.92 Å². The van der Waals surface area contributed by atoms with Gasteiger partial charge in [-0.05, 0) is 35.1 Å². The van der Waals surface area contributed by atoms with E-state index in [-0.39, 0.29) is 5.56 Å². The molecule has 1 heterocycles. The van der Waals surface area contributed by atoms with E-state index in [1.807, 2.05) is 6.07 Å². The molecule has 17 heavy (non-hydrogen) atoms. The number of aromatic nitrogens is 1. The van der Waals surface area contributed by atoms with Crippen molar-refractivity contribution >= 4 is 0 Å². The molecule has 0 aliphatic heterocycles. The lowest BCUT2D eigenvalue weighted by Gasteiger charge is -2.06. The Balaban J connectivity index is 2.23. The van der Waals surface area contributed by atoms with Crippen molar-refractivity contribution < 1.29 is 0 Å². The minimum absolute atomic E-state index is 0.0647. The molecule has 0 aliphatic rings. The lowest BCUT2D eigenvalue weighted by atomic mass is 10.00. The largest absolute Gasteiger partial charge is 0.328 e. The predicted octanol–water partition coefficient (Wildman–Crippen LogP) is 3.24. The molecule has 1 aromatic heterocycles. The van der Waals surface area contributed by atoms with E-state index in [1.54, 1.807) is 12.3 Å². The van der Waals surface area contributed by atoms with Crippen molar-refractivity contribution in [3.63, 3.8) is 0 Å². The monoisotopic (exact) mass is 227 g/mol. The Morgan fingerprint density at radius 1 is 1.00 bits per heavy atom. The van der Waals surface area contributed by atoms with Gasteiger partial charge in [-0.15, -0.1) is 0 Å². The molecule has 2 rings (SSSR count). The van der Waals surface area contributed by atoms with Crippen LogP contribution in [0.1, 0.15) is 19.4 Å². The number of benzene rings is 1. The predicted molar refractivity (Wildman–Crippen MR) is 71.0 cm³/mol. The fourth-order valence-electron chi connectivity index (χ4n) is 1.89. The Morgan fingerprint density at radius 3 is 2.18 bits per heavy atom. The molecule has 88 valence electrons. The van der Waals surface area contributed by atoms with Crippen LogP contribution in [0, 0.1) is 5.92 Å². The number of pyridine rings is 1. The van der Waals surface area contributed by atoms with Crippen LogP contribution in [0.3, 0.4) is 0 Å². The quantitative estimate of drug-likeness (QED) is 0.857. The lowest BCUT2D eigenvalue weighted by molar-refractivity contribution is 0.647. The highest BCUT2D eigenvalue weighted by atomic mass is 16.1. The van der Waals surface area contributed by atoms with Gasteiger partial charge in [0.15, 0.2) is 0 Å². The molecule has 0 bridgehead atoms. The Hall–Kier alpha value is -1.83. The first-order valence-corrected chi connectivity index (χ1v) is 5.93. The topological polar surface area (TPSA) is 32.9 Å². The second-order valence-electron chi connectivity index (χ2n) is 4.74. The van der Waals surface area contributed by atoms with Crippen LogP contribution < -0.4 is 5.56 Å². The standard InChI is InChI=1S/C15H17NO/c1-11(2)9-12-3-5-13(6-4-12)14-7-8-15(17)16-10-14/h3-8,10-11H,9H2,1-2H3,(H,16,17). The Kier molecular flexibility index (Phi) is 3.43. The minimum Gasteiger partial charge on any atom is -0.328 e. The molecule has 1 N–H and O–H groups in total. The van der Waals surface area contributed by atoms with E-state index < -0.39 is 0 Å². The highest BCUT2D eigenvalue weighted by Crippen LogP contribution is 2.18. The normalized spacial score (nSPS) is 10.8. The summed E-state index contributed by atoms with van der Waals surface area (Å²) in [6.45, 7) is 4.44. The summed E-state index contributed by atoms with van der Waals surface area (Å²) in [7, 11) is 0. The fourth-order valence-corrected chi connectivity index (χ4v) is 1.89. The van der Waals surface area contributed by atoms with Gasteiger partial charge in [0.2, 0.25) is 5.56 Å². The third kappa shape index (κ3) is 3.06. The summed E-state index contributed by atoms with van der Waals surface area (Å²) in [5.41, 5.74) is 3.47. The zero-order valence-electron chi connectivity index (χ0n) is 10.2. The van der Waals surface area contributed by atoms with E-state index in [0.717, 1.165) is 17.5 Å². The Morgan fingerprint density at radius 2 is 1.65 bits per heavy atom. The molecule has 0 fully saturated rings. The summed E-state index contributed by atoms with van der Waals surface area (Å²) in [5, 5.41) is 0. The molecule has 0 aliphatic carbocycles. The molecule has 0 atom stereocenters. The van der Waals surface area contributed by atoms with Gasteiger partial charge in [0.25, 0.3) is 0 Å². The zero-order valence-corrected chi connectivity index (χ0v) is 10.2. The van der Waals surface area contributed by atoms with Crippen molar-refractivity contribution in [2.75, 3.05) is 0 Å². The number of H-pyrrole nitrogens is 1. The second kappa shape index (κ2) is 5.00. The molecule has 0 saturated heterocycles. The van der Waals surface area contributed by atoms with Crippen LogP contribution in [-0.2, 0) is 6.42 Å². The Bertz CT molecular complexity index is 517. The number of hydrogen-bond donors (Lipinski definition) is 1. The van der Waals surface area contributed by atoms with Gasteiger partial charge in [0.05, 0.1) is 0 Å². The maximum atomic E-state index is 11.0. The van der Waals surface area contributed by atoms with Gasteiger partial charge in [-0.1, -0.05) is 38.1 Å². The molecule has 0 radical (unpaired) electrons. The smallest absolute Gasteiger partial charge is 0.247 e. The first-order valence-electron chi connectivity index (χ1n) is 5.93. The second-order valence-corrected chi connectivity index (χ2v) is 4.74. The van der Waals surface area contributed by atoms with E-state index in [0.29, 0.717) is 5.92 Å². The zero-order chi connectivity index (χ0) is 12.3. The summed E-state index contributed by atoms with van der Waals surface area (Å²) in [6.07, 6.45) is 2.85. The summed E-state index contributed by atoms with van der Waals surface area (Å²) in [4.78, 5) is 13.7. The van der Waals surface area contributed by atoms with E-state index in [4.69, 9.17) is 0 Å². The van der Waals surface area contributed by atoms with Gasteiger partial charge in [0, 0.05) is 12.3 Å². The van der Waals surface area contributed by atoms with Crippen molar-refractivity contribution in [1.82, 2.24) is 4.98 Å². The molecule has 2 heteroatoms. The van der Waals surface area contributed by atoms with Crippen LogP contribution in [0.15, 0.2) is 47.4 Å². The Labute approximate surface area is 101 Å². The third-order valence-electron chi connectivity index (χ3n) is 2.72. The maximum absolute atomic E-state index is 11.0. The number of nitrogens with one attached hydrogen (secondary N) is 1. The van der Waals surface area contributed by atoms with E-state index in [9.17, 15) is 4.79 Å². The van der Waals surface area contributed by atoms with Crippen molar-refractivity contribution in [2.45, 2.75) is 20.3 Å². The van der Waals surface area contributed by atoms with Crippen molar-refractivity contribution in [1.29, 1.82) is 0 Å². The van der Waals surface area contributed by atoms with Crippen molar-refractivity contribution in [3.8, 4) is 11.1 Å².